The van der Waals surface area contributed by atoms with Crippen molar-refractivity contribution in [3.05, 3.63) is 17.5 Å². The van der Waals surface area contributed by atoms with Gasteiger partial charge in [-0.1, -0.05) is 25.9 Å². The third-order valence-corrected chi connectivity index (χ3v) is 4.28. The van der Waals surface area contributed by atoms with Crippen molar-refractivity contribution >= 4 is 5.96 Å². The summed E-state index contributed by atoms with van der Waals surface area (Å²) in [5.41, 5.74) is 0.985. The minimum absolute atomic E-state index is 0.381. The largest absolute Gasteiger partial charge is 0.359 e. The Morgan fingerprint density at radius 2 is 2.26 bits per heavy atom. The summed E-state index contributed by atoms with van der Waals surface area (Å²) < 4.78 is 5.34. The molecule has 1 atom stereocenters. The van der Waals surface area contributed by atoms with Crippen LogP contribution in [0.4, 0.5) is 0 Å². The van der Waals surface area contributed by atoms with Crippen molar-refractivity contribution in [2.45, 2.75) is 46.6 Å². The fourth-order valence-electron chi connectivity index (χ4n) is 2.78. The van der Waals surface area contributed by atoms with Crippen LogP contribution in [-0.4, -0.2) is 48.7 Å². The first-order valence-electron chi connectivity index (χ1n) is 8.82. The van der Waals surface area contributed by atoms with Gasteiger partial charge in [0.05, 0.1) is 5.69 Å². The van der Waals surface area contributed by atoms with Gasteiger partial charge in [-0.2, -0.15) is 0 Å². The standard InChI is InChI=1S/C17H31N5O/c1-5-18-17(19-10-14-7-8-22(6-2)12-14)20-11-15-9-16(13(3)4)21-23-15/h9,13-14H,5-8,10-12H2,1-4H3,(H2,18,19,20). The number of guanidine groups is 1. The van der Waals surface area contributed by atoms with Crippen molar-refractivity contribution in [1.82, 2.24) is 20.7 Å². The Bertz CT molecular complexity index is 497. The van der Waals surface area contributed by atoms with Gasteiger partial charge in [-0.3, -0.25) is 0 Å². The van der Waals surface area contributed by atoms with Gasteiger partial charge in [-0.05, 0) is 38.3 Å². The lowest BCUT2D eigenvalue weighted by Crippen LogP contribution is -2.40. The van der Waals surface area contributed by atoms with E-state index in [-0.39, 0.29) is 0 Å². The SMILES string of the molecule is CCNC(=NCc1cc(C(C)C)no1)NCC1CCN(CC)C1. The zero-order chi connectivity index (χ0) is 16.7. The smallest absolute Gasteiger partial charge is 0.191 e. The molecule has 130 valence electrons. The van der Waals surface area contributed by atoms with Gasteiger partial charge in [0.25, 0.3) is 0 Å². The highest BCUT2D eigenvalue weighted by Crippen LogP contribution is 2.15. The molecule has 6 heteroatoms. The first kappa shape index (κ1) is 17.8. The molecule has 1 saturated heterocycles. The van der Waals surface area contributed by atoms with E-state index in [9.17, 15) is 0 Å². The van der Waals surface area contributed by atoms with Crippen molar-refractivity contribution in [2.24, 2.45) is 10.9 Å². The quantitative estimate of drug-likeness (QED) is 0.595. The zero-order valence-electron chi connectivity index (χ0n) is 14.9. The molecule has 0 aliphatic carbocycles. The first-order valence-corrected chi connectivity index (χ1v) is 8.82. The van der Waals surface area contributed by atoms with Gasteiger partial charge in [-0.15, -0.1) is 0 Å². The predicted octanol–water partition coefficient (Wildman–Crippen LogP) is 2.19. The van der Waals surface area contributed by atoms with E-state index in [0.717, 1.165) is 37.0 Å². The molecule has 1 aliphatic heterocycles. The fraction of sp³-hybridized carbons (Fsp3) is 0.765. The molecule has 0 amide bonds. The molecule has 1 aliphatic rings. The monoisotopic (exact) mass is 321 g/mol. The van der Waals surface area contributed by atoms with E-state index in [1.165, 1.54) is 19.5 Å². The number of hydrogen-bond acceptors (Lipinski definition) is 4. The van der Waals surface area contributed by atoms with E-state index in [2.05, 4.69) is 53.4 Å². The number of aliphatic imine (C=N–C) groups is 1. The van der Waals surface area contributed by atoms with E-state index in [1.54, 1.807) is 0 Å². The zero-order valence-corrected chi connectivity index (χ0v) is 14.9. The van der Waals surface area contributed by atoms with E-state index < -0.39 is 0 Å². The number of nitrogens with zero attached hydrogens (tertiary/aromatic N) is 3. The number of likely N-dealkylation sites (tertiary alicyclic amines) is 1. The molecule has 0 radical (unpaired) electrons. The van der Waals surface area contributed by atoms with Crippen LogP contribution in [-0.2, 0) is 6.54 Å². The molecule has 23 heavy (non-hydrogen) atoms. The molecular formula is C17H31N5O. The van der Waals surface area contributed by atoms with Crippen LogP contribution in [0.5, 0.6) is 0 Å². The predicted molar refractivity (Wildman–Crippen MR) is 93.6 cm³/mol. The van der Waals surface area contributed by atoms with Gasteiger partial charge < -0.3 is 20.1 Å². The summed E-state index contributed by atoms with van der Waals surface area (Å²) >= 11 is 0. The summed E-state index contributed by atoms with van der Waals surface area (Å²) in [5.74, 6) is 2.75. The maximum atomic E-state index is 5.34. The minimum Gasteiger partial charge on any atom is -0.359 e. The molecule has 1 aromatic rings. The van der Waals surface area contributed by atoms with Crippen LogP contribution in [0.25, 0.3) is 0 Å². The number of rotatable bonds is 7. The summed E-state index contributed by atoms with van der Waals surface area (Å²) in [6.45, 7) is 14.4. The number of aromatic nitrogens is 1. The van der Waals surface area contributed by atoms with Gasteiger partial charge in [0, 0.05) is 25.7 Å². The third kappa shape index (κ3) is 5.53. The number of hydrogen-bond donors (Lipinski definition) is 2. The Morgan fingerprint density at radius 1 is 1.43 bits per heavy atom. The Labute approximate surface area is 139 Å². The molecule has 0 spiro atoms. The molecule has 0 aromatic carbocycles. The second kappa shape index (κ2) is 8.91. The second-order valence-corrected chi connectivity index (χ2v) is 6.50. The average Bonchev–Trinajstić information content (AvgIpc) is 3.19. The van der Waals surface area contributed by atoms with Crippen LogP contribution < -0.4 is 10.6 Å². The summed E-state index contributed by atoms with van der Waals surface area (Å²) in [6, 6.07) is 1.99. The summed E-state index contributed by atoms with van der Waals surface area (Å²) in [4.78, 5) is 7.10. The van der Waals surface area contributed by atoms with Crippen LogP contribution in [0.2, 0.25) is 0 Å². The van der Waals surface area contributed by atoms with Crippen molar-refractivity contribution in [1.29, 1.82) is 0 Å². The van der Waals surface area contributed by atoms with Crippen LogP contribution in [0.15, 0.2) is 15.6 Å². The van der Waals surface area contributed by atoms with Gasteiger partial charge in [0.15, 0.2) is 11.7 Å². The normalized spacial score (nSPS) is 19.5. The van der Waals surface area contributed by atoms with Gasteiger partial charge >= 0.3 is 0 Å². The molecule has 2 rings (SSSR count). The maximum Gasteiger partial charge on any atom is 0.191 e. The lowest BCUT2D eigenvalue weighted by molar-refractivity contribution is 0.341. The molecule has 0 bridgehead atoms. The van der Waals surface area contributed by atoms with Crippen molar-refractivity contribution < 1.29 is 4.52 Å². The summed E-state index contributed by atoms with van der Waals surface area (Å²) in [7, 11) is 0. The fourth-order valence-corrected chi connectivity index (χ4v) is 2.78. The highest BCUT2D eigenvalue weighted by Gasteiger charge is 2.21. The molecule has 1 aromatic heterocycles. The molecular weight excluding hydrogens is 290 g/mol. The maximum absolute atomic E-state index is 5.34. The van der Waals surface area contributed by atoms with Crippen LogP contribution in [0, 0.1) is 5.92 Å². The van der Waals surface area contributed by atoms with Crippen molar-refractivity contribution in [3.8, 4) is 0 Å². The second-order valence-electron chi connectivity index (χ2n) is 6.50. The van der Waals surface area contributed by atoms with E-state index >= 15 is 0 Å². The van der Waals surface area contributed by atoms with Gasteiger partial charge in [0.2, 0.25) is 0 Å². The third-order valence-electron chi connectivity index (χ3n) is 4.28. The first-order chi connectivity index (χ1) is 11.1. The molecule has 0 saturated carbocycles. The Hall–Kier alpha value is -1.56. The van der Waals surface area contributed by atoms with E-state index in [1.807, 2.05) is 6.07 Å². The molecule has 2 N–H and O–H groups in total. The topological polar surface area (TPSA) is 65.7 Å². The lowest BCUT2D eigenvalue weighted by atomic mass is 10.1. The molecule has 2 heterocycles. The highest BCUT2D eigenvalue weighted by atomic mass is 16.5. The van der Waals surface area contributed by atoms with Gasteiger partial charge in [-0.25, -0.2) is 4.99 Å². The molecule has 1 unspecified atom stereocenters. The Kier molecular flexibility index (Phi) is 6.89. The van der Waals surface area contributed by atoms with Gasteiger partial charge in [0.1, 0.15) is 6.54 Å². The van der Waals surface area contributed by atoms with Crippen LogP contribution in [0.3, 0.4) is 0 Å². The van der Waals surface area contributed by atoms with E-state index in [0.29, 0.717) is 18.4 Å². The van der Waals surface area contributed by atoms with Crippen LogP contribution in [0.1, 0.15) is 51.5 Å². The molecule has 6 nitrogen and oxygen atoms in total. The average molecular weight is 321 g/mol. The lowest BCUT2D eigenvalue weighted by Gasteiger charge is -2.16. The van der Waals surface area contributed by atoms with Crippen LogP contribution >= 0.6 is 0 Å². The molecule has 1 fully saturated rings. The number of nitrogens with one attached hydrogen (secondary N) is 2. The van der Waals surface area contributed by atoms with E-state index in [4.69, 9.17) is 4.52 Å². The Morgan fingerprint density at radius 3 is 2.87 bits per heavy atom. The summed E-state index contributed by atoms with van der Waals surface area (Å²) in [5, 5.41) is 10.8. The van der Waals surface area contributed by atoms with Crippen molar-refractivity contribution in [3.63, 3.8) is 0 Å². The minimum atomic E-state index is 0.381. The van der Waals surface area contributed by atoms with Crippen molar-refractivity contribution in [2.75, 3.05) is 32.7 Å². The Balaban J connectivity index is 1.84. The highest BCUT2D eigenvalue weighted by molar-refractivity contribution is 5.79. The summed E-state index contributed by atoms with van der Waals surface area (Å²) in [6.07, 6.45) is 1.26.